The Balaban J connectivity index is 2.59. The van der Waals surface area contributed by atoms with Gasteiger partial charge in [-0.1, -0.05) is 6.92 Å². The third kappa shape index (κ3) is 3.43. The van der Waals surface area contributed by atoms with E-state index >= 15 is 0 Å². The fraction of sp³-hybridized carbons (Fsp3) is 0.833. The zero-order chi connectivity index (χ0) is 13.0. The van der Waals surface area contributed by atoms with E-state index in [9.17, 15) is 9.59 Å². The Morgan fingerprint density at radius 3 is 2.59 bits per heavy atom. The van der Waals surface area contributed by atoms with Crippen LogP contribution in [0.25, 0.3) is 0 Å². The second-order valence-corrected chi connectivity index (χ2v) is 4.79. The highest BCUT2D eigenvalue weighted by atomic mass is 16.5. The Morgan fingerprint density at radius 2 is 2.06 bits per heavy atom. The van der Waals surface area contributed by atoms with Gasteiger partial charge >= 0.3 is 5.97 Å². The summed E-state index contributed by atoms with van der Waals surface area (Å²) in [5.74, 6) is -0.728. The lowest BCUT2D eigenvalue weighted by Crippen LogP contribution is -2.48. The van der Waals surface area contributed by atoms with Crippen molar-refractivity contribution in [2.45, 2.75) is 32.7 Å². The first-order valence-electron chi connectivity index (χ1n) is 6.08. The lowest BCUT2D eigenvalue weighted by atomic mass is 9.93. The van der Waals surface area contributed by atoms with Crippen molar-refractivity contribution in [2.24, 2.45) is 17.6 Å². The maximum absolute atomic E-state index is 11.5. The first-order chi connectivity index (χ1) is 7.97. The number of likely N-dealkylation sites (tertiary alicyclic amines) is 1. The van der Waals surface area contributed by atoms with Crippen molar-refractivity contribution in [1.82, 2.24) is 4.90 Å². The fourth-order valence-corrected chi connectivity index (χ4v) is 2.31. The number of carbonyl (C=O) groups excluding carboxylic acids is 2. The second-order valence-electron chi connectivity index (χ2n) is 4.79. The van der Waals surface area contributed by atoms with Crippen molar-refractivity contribution in [3.63, 3.8) is 0 Å². The molecule has 0 radical (unpaired) electrons. The Hall–Kier alpha value is -1.10. The summed E-state index contributed by atoms with van der Waals surface area (Å²) in [4.78, 5) is 24.8. The number of rotatable bonds is 4. The van der Waals surface area contributed by atoms with Gasteiger partial charge in [0.15, 0.2) is 0 Å². The van der Waals surface area contributed by atoms with E-state index in [1.54, 1.807) is 0 Å². The summed E-state index contributed by atoms with van der Waals surface area (Å²) in [5, 5.41) is 0. The molecule has 1 aliphatic rings. The van der Waals surface area contributed by atoms with E-state index in [4.69, 9.17) is 10.5 Å². The molecule has 0 aromatic heterocycles. The molecule has 98 valence electrons. The van der Waals surface area contributed by atoms with Crippen molar-refractivity contribution in [1.29, 1.82) is 0 Å². The highest BCUT2D eigenvalue weighted by Gasteiger charge is 2.31. The number of ether oxygens (including phenoxy) is 1. The van der Waals surface area contributed by atoms with Gasteiger partial charge in [-0.2, -0.15) is 0 Å². The van der Waals surface area contributed by atoms with Crippen molar-refractivity contribution < 1.29 is 14.3 Å². The van der Waals surface area contributed by atoms with Gasteiger partial charge < -0.3 is 10.5 Å². The van der Waals surface area contributed by atoms with Crippen molar-refractivity contribution in [3.05, 3.63) is 0 Å². The van der Waals surface area contributed by atoms with E-state index in [0.717, 1.165) is 19.4 Å². The van der Waals surface area contributed by atoms with E-state index < -0.39 is 0 Å². The zero-order valence-corrected chi connectivity index (χ0v) is 10.8. The molecule has 1 amide bonds. The quantitative estimate of drug-likeness (QED) is 0.723. The molecular formula is C12H22N2O3. The zero-order valence-electron chi connectivity index (χ0n) is 10.8. The van der Waals surface area contributed by atoms with Crippen LogP contribution in [0.2, 0.25) is 0 Å². The van der Waals surface area contributed by atoms with Crippen LogP contribution in [-0.2, 0) is 14.3 Å². The maximum atomic E-state index is 11.5. The van der Waals surface area contributed by atoms with Gasteiger partial charge in [-0.15, -0.1) is 0 Å². The number of amides is 1. The minimum Gasteiger partial charge on any atom is -0.469 e. The fourth-order valence-electron chi connectivity index (χ4n) is 2.31. The van der Waals surface area contributed by atoms with Gasteiger partial charge in [-0.25, -0.2) is 0 Å². The molecule has 1 rings (SSSR count). The molecule has 3 atom stereocenters. The number of nitrogens with two attached hydrogens (primary N) is 1. The Bertz CT molecular complexity index is 293. The van der Waals surface area contributed by atoms with Gasteiger partial charge in [0, 0.05) is 12.6 Å². The van der Waals surface area contributed by atoms with Gasteiger partial charge in [0.05, 0.1) is 18.9 Å². The molecule has 5 heteroatoms. The van der Waals surface area contributed by atoms with Crippen molar-refractivity contribution in [2.75, 3.05) is 20.2 Å². The molecule has 0 saturated carbocycles. The number of hydrogen-bond acceptors (Lipinski definition) is 4. The number of esters is 1. The van der Waals surface area contributed by atoms with E-state index in [0.29, 0.717) is 6.54 Å². The highest BCUT2D eigenvalue weighted by Crippen LogP contribution is 2.21. The first-order valence-corrected chi connectivity index (χ1v) is 6.08. The molecule has 1 saturated heterocycles. The van der Waals surface area contributed by atoms with E-state index in [-0.39, 0.29) is 29.8 Å². The third-order valence-electron chi connectivity index (χ3n) is 3.73. The summed E-state index contributed by atoms with van der Waals surface area (Å²) in [5.41, 5.74) is 5.33. The predicted octanol–water partition coefficient (Wildman–Crippen LogP) is 0.381. The molecule has 1 fully saturated rings. The summed E-state index contributed by atoms with van der Waals surface area (Å²) >= 11 is 0. The van der Waals surface area contributed by atoms with Crippen LogP contribution in [0.1, 0.15) is 26.7 Å². The number of primary amides is 1. The van der Waals surface area contributed by atoms with Crippen molar-refractivity contribution >= 4 is 11.9 Å². The Morgan fingerprint density at radius 1 is 1.41 bits per heavy atom. The molecule has 2 N–H and O–H groups in total. The highest BCUT2D eigenvalue weighted by molar-refractivity contribution is 5.77. The minimum absolute atomic E-state index is 0.0737. The van der Waals surface area contributed by atoms with Crippen LogP contribution >= 0.6 is 0 Å². The molecule has 0 bridgehead atoms. The molecule has 5 nitrogen and oxygen atoms in total. The van der Waals surface area contributed by atoms with Gasteiger partial charge in [-0.3, -0.25) is 14.5 Å². The van der Waals surface area contributed by atoms with E-state index in [1.807, 2.05) is 13.8 Å². The molecule has 0 spiro atoms. The number of nitrogens with zero attached hydrogens (tertiary/aromatic N) is 1. The standard InChI is InChI=1S/C12H22N2O3/c1-8(12(16)17-3)9(2)14-6-4-5-10(7-14)11(13)15/h8-10H,4-7H2,1-3H3,(H2,13,15). The molecule has 3 unspecified atom stereocenters. The second kappa shape index (κ2) is 6.00. The molecule has 0 aromatic carbocycles. The summed E-state index contributed by atoms with van der Waals surface area (Å²) in [6, 6.07) is 0.0737. The van der Waals surface area contributed by atoms with Crippen LogP contribution in [0.5, 0.6) is 0 Å². The Labute approximate surface area is 102 Å². The minimum atomic E-state index is -0.243. The summed E-state index contributed by atoms with van der Waals surface area (Å²) in [6.45, 7) is 5.40. The smallest absolute Gasteiger partial charge is 0.309 e. The molecule has 17 heavy (non-hydrogen) atoms. The largest absolute Gasteiger partial charge is 0.469 e. The topological polar surface area (TPSA) is 72.6 Å². The average Bonchev–Trinajstić information content (AvgIpc) is 2.36. The average molecular weight is 242 g/mol. The van der Waals surface area contributed by atoms with Crippen LogP contribution < -0.4 is 5.73 Å². The van der Waals surface area contributed by atoms with Crippen LogP contribution in [0.3, 0.4) is 0 Å². The van der Waals surface area contributed by atoms with Gasteiger partial charge in [0.1, 0.15) is 0 Å². The molecule has 1 heterocycles. The van der Waals surface area contributed by atoms with Crippen LogP contribution in [0, 0.1) is 11.8 Å². The summed E-state index contributed by atoms with van der Waals surface area (Å²) < 4.78 is 4.74. The Kier molecular flexibility index (Phi) is 4.93. The maximum Gasteiger partial charge on any atom is 0.309 e. The van der Waals surface area contributed by atoms with Gasteiger partial charge in [0.25, 0.3) is 0 Å². The normalized spacial score (nSPS) is 25.0. The van der Waals surface area contributed by atoms with E-state index in [1.165, 1.54) is 7.11 Å². The monoisotopic (exact) mass is 242 g/mol. The SMILES string of the molecule is COC(=O)C(C)C(C)N1CCCC(C(N)=O)C1. The summed E-state index contributed by atoms with van der Waals surface area (Å²) in [7, 11) is 1.40. The molecule has 0 aromatic rings. The molecular weight excluding hydrogens is 220 g/mol. The third-order valence-corrected chi connectivity index (χ3v) is 3.73. The van der Waals surface area contributed by atoms with Gasteiger partial charge in [0.2, 0.25) is 5.91 Å². The van der Waals surface area contributed by atoms with Crippen LogP contribution in [0.15, 0.2) is 0 Å². The lowest BCUT2D eigenvalue weighted by molar-refractivity contribution is -0.147. The summed E-state index contributed by atoms with van der Waals surface area (Å²) in [6.07, 6.45) is 1.80. The van der Waals surface area contributed by atoms with Crippen LogP contribution in [-0.4, -0.2) is 43.0 Å². The number of methoxy groups -OCH3 is 1. The van der Waals surface area contributed by atoms with Crippen molar-refractivity contribution in [3.8, 4) is 0 Å². The number of piperidine rings is 1. The lowest BCUT2D eigenvalue weighted by Gasteiger charge is -2.37. The van der Waals surface area contributed by atoms with E-state index in [2.05, 4.69) is 4.90 Å². The molecule has 1 aliphatic heterocycles. The predicted molar refractivity (Wildman–Crippen MR) is 64.1 cm³/mol. The number of carbonyl (C=O) groups is 2. The first kappa shape index (κ1) is 14.0. The number of hydrogen-bond donors (Lipinski definition) is 1. The van der Waals surface area contributed by atoms with Gasteiger partial charge in [-0.05, 0) is 26.3 Å². The molecule has 0 aliphatic carbocycles. The van der Waals surface area contributed by atoms with Crippen LogP contribution in [0.4, 0.5) is 0 Å².